The number of nitrogens with one attached hydrogen (secondary N) is 3. The lowest BCUT2D eigenvalue weighted by Crippen LogP contribution is -2.43. The van der Waals surface area contributed by atoms with Crippen LogP contribution in [0.25, 0.3) is 0 Å². The van der Waals surface area contributed by atoms with Gasteiger partial charge in [-0.15, -0.1) is 24.0 Å². The molecule has 0 saturated heterocycles. The third kappa shape index (κ3) is 8.66. The average Bonchev–Trinajstić information content (AvgIpc) is 3.49. The minimum Gasteiger partial charge on any atom is -0.459 e. The smallest absolute Gasteiger partial charge is 0.291 e. The number of carbonyl (C=O) groups excluding carboxylic acids is 1. The van der Waals surface area contributed by atoms with Crippen molar-refractivity contribution < 1.29 is 13.9 Å². The fourth-order valence-corrected chi connectivity index (χ4v) is 4.20. The van der Waals surface area contributed by atoms with Crippen LogP contribution < -0.4 is 16.0 Å². The van der Waals surface area contributed by atoms with Crippen molar-refractivity contribution in [1.29, 1.82) is 0 Å². The summed E-state index contributed by atoms with van der Waals surface area (Å²) >= 11 is 0. The molecule has 3 N–H and O–H groups in total. The molecule has 2 aromatic rings. The first kappa shape index (κ1) is 27.2. The van der Waals surface area contributed by atoms with Crippen LogP contribution in [0.15, 0.2) is 52.1 Å². The number of amides is 1. The Hall–Kier alpha value is -2.07. The zero-order valence-electron chi connectivity index (χ0n) is 19.7. The number of halogens is 1. The van der Waals surface area contributed by atoms with E-state index in [2.05, 4.69) is 22.9 Å². The van der Waals surface area contributed by atoms with Gasteiger partial charge < -0.3 is 25.1 Å². The van der Waals surface area contributed by atoms with Gasteiger partial charge in [0.1, 0.15) is 0 Å². The maximum Gasteiger partial charge on any atom is 0.291 e. The lowest BCUT2D eigenvalue weighted by molar-refractivity contribution is 0.0996. The van der Waals surface area contributed by atoms with Gasteiger partial charge in [-0.3, -0.25) is 4.79 Å². The molecule has 1 aromatic carbocycles. The molecule has 0 bridgehead atoms. The second kappa shape index (κ2) is 14.2. The summed E-state index contributed by atoms with van der Waals surface area (Å²) in [6.07, 6.45) is 7.64. The molecule has 0 unspecified atom stereocenters. The third-order valence-electron chi connectivity index (χ3n) is 5.97. The average molecular weight is 569 g/mol. The molecule has 0 spiro atoms. The van der Waals surface area contributed by atoms with Crippen molar-refractivity contribution in [3.8, 4) is 0 Å². The number of hydrogen-bond acceptors (Lipinski definition) is 4. The summed E-state index contributed by atoms with van der Waals surface area (Å²) in [5.41, 5.74) is 2.03. The van der Waals surface area contributed by atoms with Crippen LogP contribution in [0.3, 0.4) is 0 Å². The van der Waals surface area contributed by atoms with E-state index in [1.54, 1.807) is 12.1 Å². The number of hydrogen-bond donors (Lipinski definition) is 3. The van der Waals surface area contributed by atoms with Crippen LogP contribution in [0, 0.1) is 5.41 Å². The Morgan fingerprint density at radius 3 is 2.67 bits per heavy atom. The van der Waals surface area contributed by atoms with Gasteiger partial charge in [0.25, 0.3) is 5.91 Å². The highest BCUT2D eigenvalue weighted by molar-refractivity contribution is 14.0. The second-order valence-electron chi connectivity index (χ2n) is 8.33. The standard InChI is InChI=1S/C25H36N4O3.HI/c1-3-26-24(28-19-25(12-5-6-13-25)14-16-31-4-2)27-18-20-9-7-10-21(17-20)29-23(30)22-11-8-15-32-22;/h7-11,15,17H,3-6,12-14,16,18-19H2,1-2H3,(H,29,30)(H2,26,27,28);1H. The summed E-state index contributed by atoms with van der Waals surface area (Å²) in [5, 5.41) is 9.78. The molecule has 1 aliphatic carbocycles. The zero-order valence-corrected chi connectivity index (χ0v) is 22.0. The topological polar surface area (TPSA) is 87.9 Å². The van der Waals surface area contributed by atoms with Crippen LogP contribution in [0.1, 0.15) is 62.1 Å². The molecule has 1 fully saturated rings. The monoisotopic (exact) mass is 568 g/mol. The van der Waals surface area contributed by atoms with E-state index in [1.165, 1.54) is 31.9 Å². The van der Waals surface area contributed by atoms with Crippen LogP contribution in [0.2, 0.25) is 0 Å². The van der Waals surface area contributed by atoms with E-state index in [0.29, 0.717) is 12.0 Å². The van der Waals surface area contributed by atoms with Gasteiger partial charge in [0.2, 0.25) is 0 Å². The highest BCUT2D eigenvalue weighted by Crippen LogP contribution is 2.40. The van der Waals surface area contributed by atoms with Gasteiger partial charge in [0, 0.05) is 32.0 Å². The third-order valence-corrected chi connectivity index (χ3v) is 5.97. The quantitative estimate of drug-likeness (QED) is 0.150. The first-order chi connectivity index (χ1) is 15.6. The minimum atomic E-state index is -0.264. The lowest BCUT2D eigenvalue weighted by atomic mass is 9.83. The van der Waals surface area contributed by atoms with Crippen molar-refractivity contribution in [1.82, 2.24) is 10.6 Å². The van der Waals surface area contributed by atoms with Crippen LogP contribution in [0.4, 0.5) is 5.69 Å². The fourth-order valence-electron chi connectivity index (χ4n) is 4.20. The molecular weight excluding hydrogens is 531 g/mol. The van der Waals surface area contributed by atoms with E-state index in [0.717, 1.165) is 49.9 Å². The maximum atomic E-state index is 12.2. The van der Waals surface area contributed by atoms with Crippen LogP contribution >= 0.6 is 24.0 Å². The first-order valence-electron chi connectivity index (χ1n) is 11.7. The number of furan rings is 1. The Morgan fingerprint density at radius 2 is 1.97 bits per heavy atom. The predicted molar refractivity (Wildman–Crippen MR) is 143 cm³/mol. The molecule has 1 aromatic heterocycles. The molecular formula is C25H37IN4O3. The van der Waals surface area contributed by atoms with E-state index in [1.807, 2.05) is 31.2 Å². The summed E-state index contributed by atoms with van der Waals surface area (Å²) in [6, 6.07) is 11.1. The summed E-state index contributed by atoms with van der Waals surface area (Å²) < 4.78 is 10.8. The second-order valence-corrected chi connectivity index (χ2v) is 8.33. The molecule has 33 heavy (non-hydrogen) atoms. The summed E-state index contributed by atoms with van der Waals surface area (Å²) in [6.45, 7) is 7.94. The zero-order chi connectivity index (χ0) is 22.7. The highest BCUT2D eigenvalue weighted by Gasteiger charge is 2.33. The van der Waals surface area contributed by atoms with Gasteiger partial charge in [-0.05, 0) is 68.4 Å². The summed E-state index contributed by atoms with van der Waals surface area (Å²) in [5.74, 6) is 0.844. The molecule has 1 aliphatic rings. The van der Waals surface area contributed by atoms with E-state index in [-0.39, 0.29) is 35.6 Å². The van der Waals surface area contributed by atoms with Crippen molar-refractivity contribution in [3.05, 3.63) is 54.0 Å². The van der Waals surface area contributed by atoms with Crippen molar-refractivity contribution in [2.45, 2.75) is 52.5 Å². The largest absolute Gasteiger partial charge is 0.459 e. The highest BCUT2D eigenvalue weighted by atomic mass is 127. The number of anilines is 1. The lowest BCUT2D eigenvalue weighted by Gasteiger charge is -2.30. The number of nitrogens with zero attached hydrogens (tertiary/aromatic N) is 1. The number of benzene rings is 1. The number of carbonyl (C=O) groups is 1. The Bertz CT molecular complexity index is 864. The Morgan fingerprint density at radius 1 is 1.15 bits per heavy atom. The van der Waals surface area contributed by atoms with E-state index < -0.39 is 0 Å². The van der Waals surface area contributed by atoms with E-state index in [9.17, 15) is 4.79 Å². The van der Waals surface area contributed by atoms with Gasteiger partial charge >= 0.3 is 0 Å². The van der Waals surface area contributed by atoms with Crippen molar-refractivity contribution in [2.75, 3.05) is 31.6 Å². The van der Waals surface area contributed by atoms with Gasteiger partial charge in [0.05, 0.1) is 12.8 Å². The number of aliphatic imine (C=N–C) groups is 1. The first-order valence-corrected chi connectivity index (χ1v) is 11.7. The molecule has 7 nitrogen and oxygen atoms in total. The Labute approximate surface area is 214 Å². The molecule has 0 atom stereocenters. The maximum absolute atomic E-state index is 12.2. The SMILES string of the molecule is CCNC(=NCc1cccc(NC(=O)c2ccco2)c1)NCC1(CCOCC)CCCC1.I. The van der Waals surface area contributed by atoms with Crippen molar-refractivity contribution in [3.63, 3.8) is 0 Å². The minimum absolute atomic E-state index is 0. The molecule has 1 amide bonds. The number of rotatable bonds is 11. The van der Waals surface area contributed by atoms with Crippen LogP contribution in [-0.4, -0.2) is 38.2 Å². The van der Waals surface area contributed by atoms with Gasteiger partial charge in [-0.2, -0.15) is 0 Å². The van der Waals surface area contributed by atoms with Gasteiger partial charge in [-0.25, -0.2) is 4.99 Å². The normalized spacial score (nSPS) is 15.0. The molecule has 0 aliphatic heterocycles. The summed E-state index contributed by atoms with van der Waals surface area (Å²) in [4.78, 5) is 17.0. The van der Waals surface area contributed by atoms with Gasteiger partial charge in [0.15, 0.2) is 11.7 Å². The number of ether oxygens (including phenoxy) is 1. The van der Waals surface area contributed by atoms with Crippen LogP contribution in [0.5, 0.6) is 0 Å². The Balaban J connectivity index is 0.00000385. The fraction of sp³-hybridized carbons (Fsp3) is 0.520. The van der Waals surface area contributed by atoms with E-state index in [4.69, 9.17) is 14.1 Å². The van der Waals surface area contributed by atoms with Crippen LogP contribution in [-0.2, 0) is 11.3 Å². The van der Waals surface area contributed by atoms with Gasteiger partial charge in [-0.1, -0.05) is 25.0 Å². The van der Waals surface area contributed by atoms with Crippen molar-refractivity contribution in [2.24, 2.45) is 10.4 Å². The van der Waals surface area contributed by atoms with Crippen molar-refractivity contribution >= 4 is 41.5 Å². The summed E-state index contributed by atoms with van der Waals surface area (Å²) in [7, 11) is 0. The van der Waals surface area contributed by atoms with E-state index >= 15 is 0 Å². The molecule has 0 radical (unpaired) electrons. The molecule has 1 saturated carbocycles. The molecule has 8 heteroatoms. The molecule has 182 valence electrons. The Kier molecular flexibility index (Phi) is 11.7. The molecule has 1 heterocycles. The predicted octanol–water partition coefficient (Wildman–Crippen LogP) is 5.19. The molecule has 3 rings (SSSR count). The number of guanidine groups is 1.